The van der Waals surface area contributed by atoms with Gasteiger partial charge in [-0.15, -0.1) is 0 Å². The SMILES string of the molecule is CN(C)CCN(C)Cc1cccc(C(=O)O)c1. The lowest BCUT2D eigenvalue weighted by Crippen LogP contribution is -2.28. The first kappa shape index (κ1) is 13.7. The van der Waals surface area contributed by atoms with E-state index in [0.717, 1.165) is 25.2 Å². The maximum atomic E-state index is 10.8. The molecule has 1 aromatic rings. The first-order valence-electron chi connectivity index (χ1n) is 5.64. The van der Waals surface area contributed by atoms with Crippen LogP contribution in [0.5, 0.6) is 0 Å². The fourth-order valence-corrected chi connectivity index (χ4v) is 1.56. The Morgan fingerprint density at radius 1 is 1.24 bits per heavy atom. The molecule has 0 atom stereocenters. The first-order chi connectivity index (χ1) is 7.99. The van der Waals surface area contributed by atoms with E-state index < -0.39 is 5.97 Å². The summed E-state index contributed by atoms with van der Waals surface area (Å²) in [7, 11) is 6.12. The molecule has 1 N–H and O–H groups in total. The lowest BCUT2D eigenvalue weighted by atomic mass is 10.1. The molecule has 0 saturated carbocycles. The average molecular weight is 236 g/mol. The number of nitrogens with zero attached hydrogens (tertiary/aromatic N) is 2. The van der Waals surface area contributed by atoms with E-state index in [1.165, 1.54) is 0 Å². The standard InChI is InChI=1S/C13H20N2O2/c1-14(2)7-8-15(3)10-11-5-4-6-12(9-11)13(16)17/h4-6,9H,7-8,10H2,1-3H3,(H,16,17). The molecule has 0 radical (unpaired) electrons. The third-order valence-electron chi connectivity index (χ3n) is 2.56. The van der Waals surface area contributed by atoms with E-state index >= 15 is 0 Å². The highest BCUT2D eigenvalue weighted by atomic mass is 16.4. The van der Waals surface area contributed by atoms with E-state index in [0.29, 0.717) is 5.56 Å². The van der Waals surface area contributed by atoms with Crippen LogP contribution < -0.4 is 0 Å². The smallest absolute Gasteiger partial charge is 0.335 e. The minimum absolute atomic E-state index is 0.350. The van der Waals surface area contributed by atoms with Crippen LogP contribution in [0.4, 0.5) is 0 Å². The second-order valence-corrected chi connectivity index (χ2v) is 4.55. The number of carbonyl (C=O) groups is 1. The Morgan fingerprint density at radius 2 is 1.94 bits per heavy atom. The lowest BCUT2D eigenvalue weighted by molar-refractivity contribution is 0.0696. The molecule has 0 spiro atoms. The quantitative estimate of drug-likeness (QED) is 0.810. The van der Waals surface area contributed by atoms with E-state index in [1.54, 1.807) is 18.2 Å². The van der Waals surface area contributed by atoms with Crippen molar-refractivity contribution in [3.8, 4) is 0 Å². The predicted molar refractivity (Wildman–Crippen MR) is 68.3 cm³/mol. The summed E-state index contributed by atoms with van der Waals surface area (Å²) in [4.78, 5) is 15.1. The molecule has 0 aliphatic heterocycles. The Balaban J connectivity index is 2.56. The number of benzene rings is 1. The molecule has 1 rings (SSSR count). The predicted octanol–water partition coefficient (Wildman–Crippen LogP) is 1.38. The minimum atomic E-state index is -0.872. The van der Waals surface area contributed by atoms with E-state index in [2.05, 4.69) is 9.80 Å². The molecule has 4 nitrogen and oxygen atoms in total. The van der Waals surface area contributed by atoms with Crippen LogP contribution in [0.15, 0.2) is 24.3 Å². The normalized spacial score (nSPS) is 11.1. The van der Waals surface area contributed by atoms with Gasteiger partial charge in [0.1, 0.15) is 0 Å². The van der Waals surface area contributed by atoms with Crippen molar-refractivity contribution in [3.05, 3.63) is 35.4 Å². The Hall–Kier alpha value is -1.39. The van der Waals surface area contributed by atoms with E-state index in [-0.39, 0.29) is 0 Å². The third-order valence-corrected chi connectivity index (χ3v) is 2.56. The molecule has 0 fully saturated rings. The van der Waals surface area contributed by atoms with Gasteiger partial charge in [0.05, 0.1) is 5.56 Å². The Kier molecular flexibility index (Phi) is 5.12. The van der Waals surface area contributed by atoms with Crippen LogP contribution >= 0.6 is 0 Å². The van der Waals surface area contributed by atoms with Gasteiger partial charge in [0.15, 0.2) is 0 Å². The van der Waals surface area contributed by atoms with Gasteiger partial charge in [-0.3, -0.25) is 0 Å². The number of rotatable bonds is 6. The highest BCUT2D eigenvalue weighted by Crippen LogP contribution is 2.07. The van der Waals surface area contributed by atoms with Gasteiger partial charge in [0.2, 0.25) is 0 Å². The molecule has 0 aliphatic rings. The van der Waals surface area contributed by atoms with Crippen molar-refractivity contribution >= 4 is 5.97 Å². The molecule has 4 heteroatoms. The number of aromatic carboxylic acids is 1. The number of carboxylic acids is 1. The van der Waals surface area contributed by atoms with Gasteiger partial charge in [-0.2, -0.15) is 0 Å². The maximum Gasteiger partial charge on any atom is 0.335 e. The molecule has 0 aromatic heterocycles. The summed E-state index contributed by atoms with van der Waals surface area (Å²) in [5.41, 5.74) is 1.38. The van der Waals surface area contributed by atoms with Crippen LogP contribution in [0.1, 0.15) is 15.9 Å². The van der Waals surface area contributed by atoms with Gasteiger partial charge < -0.3 is 14.9 Å². The molecule has 0 aliphatic carbocycles. The molecule has 94 valence electrons. The fraction of sp³-hybridized carbons (Fsp3) is 0.462. The zero-order valence-corrected chi connectivity index (χ0v) is 10.7. The monoisotopic (exact) mass is 236 g/mol. The first-order valence-corrected chi connectivity index (χ1v) is 5.64. The van der Waals surface area contributed by atoms with Crippen LogP contribution in [0.3, 0.4) is 0 Å². The van der Waals surface area contributed by atoms with Crippen molar-refractivity contribution in [2.75, 3.05) is 34.2 Å². The molecule has 0 saturated heterocycles. The minimum Gasteiger partial charge on any atom is -0.478 e. The van der Waals surface area contributed by atoms with Gasteiger partial charge in [-0.25, -0.2) is 4.79 Å². The fourth-order valence-electron chi connectivity index (χ4n) is 1.56. The van der Waals surface area contributed by atoms with E-state index in [9.17, 15) is 4.79 Å². The van der Waals surface area contributed by atoms with Gasteiger partial charge in [-0.05, 0) is 38.8 Å². The second-order valence-electron chi connectivity index (χ2n) is 4.55. The largest absolute Gasteiger partial charge is 0.478 e. The zero-order chi connectivity index (χ0) is 12.8. The summed E-state index contributed by atoms with van der Waals surface area (Å²) in [6.07, 6.45) is 0. The topological polar surface area (TPSA) is 43.8 Å². The van der Waals surface area contributed by atoms with Crippen molar-refractivity contribution in [3.63, 3.8) is 0 Å². The van der Waals surface area contributed by atoms with Crippen molar-refractivity contribution in [2.24, 2.45) is 0 Å². The molecule has 0 bridgehead atoms. The number of hydrogen-bond acceptors (Lipinski definition) is 3. The summed E-state index contributed by atoms with van der Waals surface area (Å²) in [6.45, 7) is 2.73. The summed E-state index contributed by atoms with van der Waals surface area (Å²) >= 11 is 0. The molecule has 0 amide bonds. The summed E-state index contributed by atoms with van der Waals surface area (Å²) in [5.74, 6) is -0.872. The van der Waals surface area contributed by atoms with Crippen LogP contribution in [0.2, 0.25) is 0 Å². The highest BCUT2D eigenvalue weighted by Gasteiger charge is 2.05. The Bertz CT molecular complexity index is 377. The van der Waals surface area contributed by atoms with Crippen LogP contribution in [-0.4, -0.2) is 55.1 Å². The van der Waals surface area contributed by atoms with Crippen molar-refractivity contribution < 1.29 is 9.90 Å². The maximum absolute atomic E-state index is 10.8. The van der Waals surface area contributed by atoms with Gasteiger partial charge in [-0.1, -0.05) is 12.1 Å². The van der Waals surface area contributed by atoms with Gasteiger partial charge in [0.25, 0.3) is 0 Å². The molecule has 17 heavy (non-hydrogen) atoms. The Morgan fingerprint density at radius 3 is 2.53 bits per heavy atom. The summed E-state index contributed by atoms with van der Waals surface area (Å²) in [5, 5.41) is 8.90. The van der Waals surface area contributed by atoms with Crippen molar-refractivity contribution in [1.82, 2.24) is 9.80 Å². The molecule has 1 aromatic carbocycles. The highest BCUT2D eigenvalue weighted by molar-refractivity contribution is 5.87. The summed E-state index contributed by atoms with van der Waals surface area (Å²) < 4.78 is 0. The zero-order valence-electron chi connectivity index (χ0n) is 10.7. The van der Waals surface area contributed by atoms with Crippen molar-refractivity contribution in [2.45, 2.75) is 6.54 Å². The van der Waals surface area contributed by atoms with Crippen LogP contribution in [0, 0.1) is 0 Å². The lowest BCUT2D eigenvalue weighted by Gasteiger charge is -2.19. The molecular formula is C13H20N2O2. The molecule has 0 unspecified atom stereocenters. The molecule has 0 heterocycles. The van der Waals surface area contributed by atoms with Gasteiger partial charge in [0, 0.05) is 19.6 Å². The molecular weight excluding hydrogens is 216 g/mol. The van der Waals surface area contributed by atoms with E-state index in [1.807, 2.05) is 27.2 Å². The second kappa shape index (κ2) is 6.37. The third kappa shape index (κ3) is 4.97. The number of hydrogen-bond donors (Lipinski definition) is 1. The van der Waals surface area contributed by atoms with Gasteiger partial charge >= 0.3 is 5.97 Å². The average Bonchev–Trinajstić information content (AvgIpc) is 2.26. The van der Waals surface area contributed by atoms with Crippen LogP contribution in [0.25, 0.3) is 0 Å². The van der Waals surface area contributed by atoms with Crippen molar-refractivity contribution in [1.29, 1.82) is 0 Å². The Labute approximate surface area is 102 Å². The summed E-state index contributed by atoms with van der Waals surface area (Å²) in [6, 6.07) is 7.09. The number of likely N-dealkylation sites (N-methyl/N-ethyl adjacent to an activating group) is 2. The number of carboxylic acid groups (broad SMARTS) is 1. The van der Waals surface area contributed by atoms with Crippen LogP contribution in [-0.2, 0) is 6.54 Å². The van der Waals surface area contributed by atoms with E-state index in [4.69, 9.17) is 5.11 Å².